The van der Waals surface area contributed by atoms with Crippen LogP contribution in [0.2, 0.25) is 0 Å². The highest BCUT2D eigenvalue weighted by Crippen LogP contribution is 2.23. The summed E-state index contributed by atoms with van der Waals surface area (Å²) in [6.45, 7) is 5.14. The number of para-hydroxylation sites is 2. The Morgan fingerprint density at radius 2 is 1.90 bits per heavy atom. The zero-order valence-electron chi connectivity index (χ0n) is 13.0. The lowest BCUT2D eigenvalue weighted by Crippen LogP contribution is -2.32. The van der Waals surface area contributed by atoms with Crippen molar-refractivity contribution in [3.05, 3.63) is 36.4 Å². The highest BCUT2D eigenvalue weighted by Gasteiger charge is 2.33. The lowest BCUT2D eigenvalue weighted by Gasteiger charge is -2.21. The molecule has 0 saturated heterocycles. The molecule has 3 N–H and O–H groups in total. The van der Waals surface area contributed by atoms with Gasteiger partial charge in [0.15, 0.2) is 0 Å². The number of anilines is 1. The Morgan fingerprint density at radius 3 is 2.24 bits per heavy atom. The lowest BCUT2D eigenvalue weighted by atomic mass is 10.1. The summed E-state index contributed by atoms with van der Waals surface area (Å²) in [6, 6.07) is 7.11. The second-order valence-corrected chi connectivity index (χ2v) is 6.69. The van der Waals surface area contributed by atoms with E-state index in [0.717, 1.165) is 12.1 Å². The van der Waals surface area contributed by atoms with Gasteiger partial charge in [0.05, 0.1) is 5.69 Å². The van der Waals surface area contributed by atoms with Crippen molar-refractivity contribution in [2.75, 3.05) is 12.4 Å². The third-order valence-corrected chi connectivity index (χ3v) is 4.55. The fourth-order valence-corrected chi connectivity index (χ4v) is 2.60. The van der Waals surface area contributed by atoms with E-state index in [1.54, 1.807) is 32.2 Å². The van der Waals surface area contributed by atoms with E-state index in [-0.39, 0.29) is 0 Å². The average molecular weight is 315 g/mol. The Morgan fingerprint density at radius 1 is 1.33 bits per heavy atom. The number of nitrogens with one attached hydrogen (secondary N) is 1. The van der Waals surface area contributed by atoms with Gasteiger partial charge >= 0.3 is 0 Å². The molecule has 120 valence electrons. The van der Waals surface area contributed by atoms with Gasteiger partial charge in [-0.1, -0.05) is 37.6 Å². The zero-order chi connectivity index (χ0) is 16.5. The summed E-state index contributed by atoms with van der Waals surface area (Å²) in [7, 11) is -2.20. The monoisotopic (exact) mass is 315 g/mol. The first-order valence-corrected chi connectivity index (χ1v) is 8.22. The molecule has 0 fully saturated rings. The van der Waals surface area contributed by atoms with Crippen molar-refractivity contribution < 1.29 is 18.1 Å². The molecule has 1 aromatic rings. The van der Waals surface area contributed by atoms with Crippen LogP contribution in [-0.4, -0.2) is 29.9 Å². The topological polar surface area (TPSA) is 86.6 Å². The smallest absolute Gasteiger partial charge is 0.274 e. The van der Waals surface area contributed by atoms with Crippen molar-refractivity contribution >= 4 is 15.8 Å². The lowest BCUT2D eigenvalue weighted by molar-refractivity contribution is 0.443. The predicted octanol–water partition coefficient (Wildman–Crippen LogP) is 3.44. The minimum Gasteiger partial charge on any atom is -0.506 e. The highest BCUT2D eigenvalue weighted by molar-refractivity contribution is 7.87. The molecule has 0 bridgehead atoms. The summed E-state index contributed by atoms with van der Waals surface area (Å²) in [6.07, 6.45) is 4.33. The summed E-state index contributed by atoms with van der Waals surface area (Å²) < 4.78 is 29.7. The van der Waals surface area contributed by atoms with E-state index in [1.165, 1.54) is 13.0 Å². The van der Waals surface area contributed by atoms with Crippen molar-refractivity contribution in [3.8, 4) is 5.75 Å². The maximum Gasteiger partial charge on any atom is 0.274 e. The average Bonchev–Trinajstić information content (AvgIpc) is 2.39. The number of hydrogen-bond acceptors (Lipinski definition) is 4. The summed E-state index contributed by atoms with van der Waals surface area (Å²) in [4.78, 5) is 0. The predicted molar refractivity (Wildman–Crippen MR) is 87.3 cm³/mol. The number of phenols is 1. The van der Waals surface area contributed by atoms with E-state index >= 15 is 0 Å². The van der Waals surface area contributed by atoms with E-state index < -0.39 is 14.9 Å². The third kappa shape index (κ3) is 6.18. The minimum absolute atomic E-state index is 0.292. The van der Waals surface area contributed by atoms with Gasteiger partial charge in [0.2, 0.25) is 0 Å². The van der Waals surface area contributed by atoms with Gasteiger partial charge in [0, 0.05) is 7.05 Å². The molecule has 0 spiro atoms. The molecule has 0 amide bonds. The fraction of sp³-hybridized carbons (Fsp3) is 0.467. The van der Waals surface area contributed by atoms with E-state index in [0.29, 0.717) is 12.2 Å². The molecule has 1 atom stereocenters. The van der Waals surface area contributed by atoms with Crippen molar-refractivity contribution in [3.63, 3.8) is 0 Å². The van der Waals surface area contributed by atoms with Gasteiger partial charge in [-0.15, -0.1) is 0 Å². The van der Waals surface area contributed by atoms with E-state index in [1.807, 2.05) is 19.1 Å². The van der Waals surface area contributed by atoms with Gasteiger partial charge in [-0.25, -0.2) is 0 Å². The number of allylic oxidation sites excluding steroid dienone is 1. The molecule has 1 unspecified atom stereocenters. The second kappa shape index (κ2) is 8.69. The second-order valence-electron chi connectivity index (χ2n) is 4.80. The van der Waals surface area contributed by atoms with Crippen molar-refractivity contribution in [1.29, 1.82) is 0 Å². The molecule has 0 aromatic heterocycles. The number of benzene rings is 1. The minimum atomic E-state index is -3.98. The first-order chi connectivity index (χ1) is 9.71. The first-order valence-electron chi connectivity index (χ1n) is 6.78. The molecule has 0 aliphatic rings. The number of hydrogen-bond donors (Lipinski definition) is 3. The van der Waals surface area contributed by atoms with Gasteiger partial charge in [0.1, 0.15) is 10.5 Å². The number of rotatable bonds is 5. The summed E-state index contributed by atoms with van der Waals surface area (Å²) in [5.74, 6) is 0.292. The molecule has 1 aromatic carbocycles. The van der Waals surface area contributed by atoms with Crippen molar-refractivity contribution in [2.45, 2.75) is 38.4 Å². The van der Waals surface area contributed by atoms with Crippen molar-refractivity contribution in [2.24, 2.45) is 0 Å². The molecule has 0 aliphatic carbocycles. The van der Waals surface area contributed by atoms with Gasteiger partial charge in [-0.05, 0) is 32.4 Å². The summed E-state index contributed by atoms with van der Waals surface area (Å²) >= 11 is 0. The van der Waals surface area contributed by atoms with Crippen LogP contribution in [0.3, 0.4) is 0 Å². The quantitative estimate of drug-likeness (QED) is 0.440. The highest BCUT2D eigenvalue weighted by atomic mass is 32.2. The normalized spacial score (nSPS) is 14.1. The van der Waals surface area contributed by atoms with Crippen LogP contribution in [0.5, 0.6) is 5.75 Å². The van der Waals surface area contributed by atoms with Crippen LogP contribution in [-0.2, 0) is 10.1 Å². The van der Waals surface area contributed by atoms with Crippen LogP contribution in [0.15, 0.2) is 36.4 Å². The molecular formula is C15H25NO4S. The Kier molecular flexibility index (Phi) is 8.06. The van der Waals surface area contributed by atoms with Crippen LogP contribution >= 0.6 is 0 Å². The van der Waals surface area contributed by atoms with Gasteiger partial charge in [0.25, 0.3) is 10.1 Å². The maximum atomic E-state index is 10.9. The molecule has 6 heteroatoms. The molecule has 0 aliphatic heterocycles. The fourth-order valence-electron chi connectivity index (χ4n) is 1.83. The Bertz CT molecular complexity index is 555. The van der Waals surface area contributed by atoms with Gasteiger partial charge in [-0.2, -0.15) is 8.42 Å². The van der Waals surface area contributed by atoms with Crippen molar-refractivity contribution in [1.82, 2.24) is 0 Å². The number of aromatic hydroxyl groups is 1. The van der Waals surface area contributed by atoms with Crippen LogP contribution in [0.1, 0.15) is 33.6 Å². The number of phenolic OH excluding ortho intramolecular Hbond substituents is 1. The Hall–Kier alpha value is -1.53. The van der Waals surface area contributed by atoms with Gasteiger partial charge in [-0.3, -0.25) is 4.55 Å². The molecule has 1 rings (SSSR count). The zero-order valence-corrected chi connectivity index (χ0v) is 13.8. The van der Waals surface area contributed by atoms with Crippen LogP contribution < -0.4 is 5.32 Å². The summed E-state index contributed by atoms with van der Waals surface area (Å²) in [5.41, 5.74) is 0.762. The Labute approximate surface area is 127 Å². The standard InChI is InChI=1S/C8H16O3S.C7H9NO/c1-4-6-8(3,7-5-2)12(9,10)11;1-8-6-4-2-3-5-7(6)9/h4,6H,5,7H2,1-3H3,(H,9,10,11);2-5,8-9H,1H3/b6-4-;. The molecular weight excluding hydrogens is 290 g/mol. The molecule has 0 saturated carbocycles. The largest absolute Gasteiger partial charge is 0.506 e. The Balaban J connectivity index is 0.000000394. The van der Waals surface area contributed by atoms with E-state index in [2.05, 4.69) is 5.32 Å². The van der Waals surface area contributed by atoms with Crippen LogP contribution in [0.25, 0.3) is 0 Å². The first kappa shape index (κ1) is 19.5. The maximum absolute atomic E-state index is 10.9. The van der Waals surface area contributed by atoms with E-state index in [4.69, 9.17) is 9.66 Å². The molecule has 0 heterocycles. The SMILES string of the molecule is C/C=C\C(C)(CCC)S(=O)(=O)O.CNc1ccccc1O. The van der Waals surface area contributed by atoms with Crippen LogP contribution in [0, 0.1) is 0 Å². The molecule has 5 nitrogen and oxygen atoms in total. The summed E-state index contributed by atoms with van der Waals surface area (Å²) in [5, 5.41) is 11.9. The van der Waals surface area contributed by atoms with E-state index in [9.17, 15) is 8.42 Å². The van der Waals surface area contributed by atoms with Gasteiger partial charge < -0.3 is 10.4 Å². The van der Waals surface area contributed by atoms with Crippen LogP contribution in [0.4, 0.5) is 5.69 Å². The third-order valence-electron chi connectivity index (χ3n) is 3.03. The molecule has 21 heavy (non-hydrogen) atoms. The molecule has 0 radical (unpaired) electrons.